The van der Waals surface area contributed by atoms with Crippen molar-refractivity contribution in [1.29, 1.82) is 0 Å². The van der Waals surface area contributed by atoms with E-state index in [1.165, 1.54) is 0 Å². The Morgan fingerprint density at radius 2 is 2.10 bits per heavy atom. The van der Waals surface area contributed by atoms with Crippen LogP contribution < -0.4 is 10.4 Å². The molecule has 0 aromatic rings. The second kappa shape index (κ2) is 2.68. The molecule has 1 amide bonds. The van der Waals surface area contributed by atoms with E-state index in [0.29, 0.717) is 0 Å². The molecule has 1 rings (SSSR count). The van der Waals surface area contributed by atoms with Gasteiger partial charge in [0.05, 0.1) is 12.5 Å². The minimum absolute atomic E-state index is 0.0688. The maximum Gasteiger partial charge on any atom is 0.223 e. The van der Waals surface area contributed by atoms with Gasteiger partial charge in [0.15, 0.2) is 0 Å². The van der Waals surface area contributed by atoms with Crippen LogP contribution >= 0.6 is 0 Å². The SMILES string of the molecule is O=C([O-])CNC(=O)C1CC1. The lowest BCUT2D eigenvalue weighted by molar-refractivity contribution is -0.304. The number of carbonyl (C=O) groups is 2. The number of amides is 1. The largest absolute Gasteiger partial charge is 0.548 e. The van der Waals surface area contributed by atoms with Crippen molar-refractivity contribution in [1.82, 2.24) is 5.32 Å². The van der Waals surface area contributed by atoms with Crippen molar-refractivity contribution in [3.05, 3.63) is 0 Å². The van der Waals surface area contributed by atoms with Crippen LogP contribution in [-0.4, -0.2) is 18.4 Å². The van der Waals surface area contributed by atoms with Gasteiger partial charge in [-0.2, -0.15) is 0 Å². The van der Waals surface area contributed by atoms with Crippen LogP contribution in [0.1, 0.15) is 12.8 Å². The summed E-state index contributed by atoms with van der Waals surface area (Å²) in [5.41, 5.74) is 0. The summed E-state index contributed by atoms with van der Waals surface area (Å²) in [5, 5.41) is 12.1. The molecule has 1 aliphatic carbocycles. The number of carboxylic acid groups (broad SMARTS) is 1. The minimum atomic E-state index is -1.24. The number of aliphatic carboxylic acids is 1. The van der Waals surface area contributed by atoms with E-state index in [9.17, 15) is 14.7 Å². The van der Waals surface area contributed by atoms with Crippen molar-refractivity contribution < 1.29 is 14.7 Å². The molecular formula is C6H8NO3-. The van der Waals surface area contributed by atoms with Crippen molar-refractivity contribution in [3.63, 3.8) is 0 Å². The van der Waals surface area contributed by atoms with E-state index in [-0.39, 0.29) is 18.4 Å². The van der Waals surface area contributed by atoms with Gasteiger partial charge in [-0.05, 0) is 12.8 Å². The molecule has 4 nitrogen and oxygen atoms in total. The second-order valence-electron chi connectivity index (χ2n) is 2.36. The van der Waals surface area contributed by atoms with Crippen molar-refractivity contribution in [2.75, 3.05) is 6.54 Å². The normalized spacial score (nSPS) is 16.4. The Morgan fingerprint density at radius 1 is 1.50 bits per heavy atom. The number of rotatable bonds is 3. The fourth-order valence-electron chi connectivity index (χ4n) is 0.649. The Kier molecular flexibility index (Phi) is 1.89. The standard InChI is InChI=1S/C6H9NO3/c8-5(9)3-7-6(10)4-1-2-4/h4H,1-3H2,(H,7,10)(H,8,9)/p-1. The Bertz CT molecular complexity index is 162. The number of carboxylic acids is 1. The van der Waals surface area contributed by atoms with Gasteiger partial charge in [0, 0.05) is 5.92 Å². The summed E-state index contributed by atoms with van der Waals surface area (Å²) < 4.78 is 0. The van der Waals surface area contributed by atoms with Crippen molar-refractivity contribution >= 4 is 11.9 Å². The minimum Gasteiger partial charge on any atom is -0.548 e. The van der Waals surface area contributed by atoms with Crippen LogP contribution in [-0.2, 0) is 9.59 Å². The summed E-state index contributed by atoms with van der Waals surface area (Å²) in [7, 11) is 0. The van der Waals surface area contributed by atoms with E-state index in [0.717, 1.165) is 12.8 Å². The molecule has 4 heteroatoms. The first-order valence-corrected chi connectivity index (χ1v) is 3.17. The van der Waals surface area contributed by atoms with Gasteiger partial charge in [-0.25, -0.2) is 0 Å². The van der Waals surface area contributed by atoms with Crippen LogP contribution in [0.5, 0.6) is 0 Å². The molecule has 0 radical (unpaired) electrons. The molecule has 0 spiro atoms. The highest BCUT2D eigenvalue weighted by Crippen LogP contribution is 2.28. The number of hydrogen-bond donors (Lipinski definition) is 1. The average Bonchev–Trinajstić information content (AvgIpc) is 2.63. The Hall–Kier alpha value is -1.06. The molecule has 0 heterocycles. The van der Waals surface area contributed by atoms with Gasteiger partial charge < -0.3 is 15.2 Å². The summed E-state index contributed by atoms with van der Waals surface area (Å²) in [6, 6.07) is 0. The molecule has 10 heavy (non-hydrogen) atoms. The topological polar surface area (TPSA) is 69.2 Å². The first-order chi connectivity index (χ1) is 4.70. The zero-order valence-corrected chi connectivity index (χ0v) is 5.42. The van der Waals surface area contributed by atoms with Gasteiger partial charge in [0.2, 0.25) is 5.91 Å². The molecular weight excluding hydrogens is 134 g/mol. The third kappa shape index (κ3) is 2.05. The Labute approximate surface area is 58.2 Å². The van der Waals surface area contributed by atoms with Gasteiger partial charge >= 0.3 is 0 Å². The number of nitrogens with one attached hydrogen (secondary N) is 1. The van der Waals surface area contributed by atoms with Crippen molar-refractivity contribution in [2.45, 2.75) is 12.8 Å². The van der Waals surface area contributed by atoms with Gasteiger partial charge in [-0.1, -0.05) is 0 Å². The van der Waals surface area contributed by atoms with Crippen LogP contribution in [0.25, 0.3) is 0 Å². The third-order valence-corrected chi connectivity index (χ3v) is 1.36. The van der Waals surface area contributed by atoms with Crippen LogP contribution in [0.2, 0.25) is 0 Å². The quantitative estimate of drug-likeness (QED) is 0.508. The van der Waals surface area contributed by atoms with Crippen LogP contribution in [0, 0.1) is 5.92 Å². The maximum absolute atomic E-state index is 10.7. The third-order valence-electron chi connectivity index (χ3n) is 1.36. The fraction of sp³-hybridized carbons (Fsp3) is 0.667. The van der Waals surface area contributed by atoms with E-state index in [1.807, 2.05) is 0 Å². The van der Waals surface area contributed by atoms with Crippen molar-refractivity contribution in [2.24, 2.45) is 5.92 Å². The Balaban J connectivity index is 2.12. The molecule has 1 aliphatic rings. The lowest BCUT2D eigenvalue weighted by Crippen LogP contribution is -2.38. The van der Waals surface area contributed by atoms with Crippen LogP contribution in [0.4, 0.5) is 0 Å². The van der Waals surface area contributed by atoms with Crippen LogP contribution in [0.15, 0.2) is 0 Å². The van der Waals surface area contributed by atoms with E-state index in [2.05, 4.69) is 5.32 Å². The van der Waals surface area contributed by atoms with Crippen LogP contribution in [0.3, 0.4) is 0 Å². The first-order valence-electron chi connectivity index (χ1n) is 3.17. The highest BCUT2D eigenvalue weighted by Gasteiger charge is 2.28. The molecule has 1 saturated carbocycles. The van der Waals surface area contributed by atoms with E-state index < -0.39 is 5.97 Å². The summed E-state index contributed by atoms with van der Waals surface area (Å²) in [6.45, 7) is -0.366. The molecule has 0 unspecified atom stereocenters. The molecule has 1 fully saturated rings. The highest BCUT2D eigenvalue weighted by molar-refractivity contribution is 5.83. The first kappa shape index (κ1) is 7.05. The van der Waals surface area contributed by atoms with Gasteiger partial charge in [-0.3, -0.25) is 4.79 Å². The van der Waals surface area contributed by atoms with E-state index >= 15 is 0 Å². The average molecular weight is 142 g/mol. The number of carbonyl (C=O) groups excluding carboxylic acids is 2. The fourth-order valence-corrected chi connectivity index (χ4v) is 0.649. The second-order valence-corrected chi connectivity index (χ2v) is 2.36. The molecule has 0 aliphatic heterocycles. The smallest absolute Gasteiger partial charge is 0.223 e. The highest BCUT2D eigenvalue weighted by atomic mass is 16.4. The summed E-state index contributed by atoms with van der Waals surface area (Å²) in [4.78, 5) is 20.5. The van der Waals surface area contributed by atoms with E-state index in [1.54, 1.807) is 0 Å². The molecule has 0 atom stereocenters. The van der Waals surface area contributed by atoms with Gasteiger partial charge in [0.1, 0.15) is 0 Å². The van der Waals surface area contributed by atoms with Gasteiger partial charge in [0.25, 0.3) is 0 Å². The molecule has 56 valence electrons. The predicted octanol–water partition coefficient (Wildman–Crippen LogP) is -1.74. The zero-order valence-electron chi connectivity index (χ0n) is 5.42. The molecule has 0 bridgehead atoms. The maximum atomic E-state index is 10.7. The lowest BCUT2D eigenvalue weighted by atomic mass is 10.4. The summed E-state index contributed by atoms with van der Waals surface area (Å²) in [6.07, 6.45) is 1.78. The molecule has 0 aromatic carbocycles. The Morgan fingerprint density at radius 3 is 2.50 bits per heavy atom. The number of hydrogen-bond acceptors (Lipinski definition) is 3. The zero-order chi connectivity index (χ0) is 7.56. The molecule has 1 N–H and O–H groups in total. The molecule has 0 aromatic heterocycles. The summed E-state index contributed by atoms with van der Waals surface area (Å²) >= 11 is 0. The monoisotopic (exact) mass is 142 g/mol. The summed E-state index contributed by atoms with van der Waals surface area (Å²) in [5.74, 6) is -1.34. The van der Waals surface area contributed by atoms with Gasteiger partial charge in [-0.15, -0.1) is 0 Å². The van der Waals surface area contributed by atoms with E-state index in [4.69, 9.17) is 0 Å². The lowest BCUT2D eigenvalue weighted by Gasteiger charge is -2.02. The molecule has 0 saturated heterocycles. The van der Waals surface area contributed by atoms with Crippen molar-refractivity contribution in [3.8, 4) is 0 Å². The predicted molar refractivity (Wildman–Crippen MR) is 30.7 cm³/mol.